The van der Waals surface area contributed by atoms with E-state index in [1.54, 1.807) is 12.5 Å². The van der Waals surface area contributed by atoms with Crippen molar-refractivity contribution in [2.75, 3.05) is 23.8 Å². The Morgan fingerprint density at radius 1 is 1.14 bits per heavy atom. The van der Waals surface area contributed by atoms with Gasteiger partial charge >= 0.3 is 0 Å². The predicted molar refractivity (Wildman–Crippen MR) is 144 cm³/mol. The van der Waals surface area contributed by atoms with Crippen molar-refractivity contribution in [3.63, 3.8) is 0 Å². The highest BCUT2D eigenvalue weighted by Crippen LogP contribution is 2.28. The molecule has 0 spiro atoms. The number of benzene rings is 1. The Balaban J connectivity index is 1.35. The minimum Gasteiger partial charge on any atom is -0.379 e. The van der Waals surface area contributed by atoms with E-state index in [0.717, 1.165) is 37.9 Å². The quantitative estimate of drug-likeness (QED) is 0.357. The maximum atomic E-state index is 13.4. The van der Waals surface area contributed by atoms with Crippen LogP contribution in [-0.2, 0) is 16.1 Å². The summed E-state index contributed by atoms with van der Waals surface area (Å²) in [7, 11) is 0. The van der Waals surface area contributed by atoms with Gasteiger partial charge in [-0.15, -0.1) is 0 Å². The molecule has 2 aromatic heterocycles. The van der Waals surface area contributed by atoms with Gasteiger partial charge in [-0.1, -0.05) is 55.8 Å². The van der Waals surface area contributed by atoms with E-state index in [4.69, 9.17) is 21.3 Å². The van der Waals surface area contributed by atoms with E-state index in [9.17, 15) is 4.79 Å². The summed E-state index contributed by atoms with van der Waals surface area (Å²) < 4.78 is 7.34. The van der Waals surface area contributed by atoms with E-state index in [2.05, 4.69) is 25.9 Å². The number of ether oxygens (including phenoxy) is 1. The van der Waals surface area contributed by atoms with Gasteiger partial charge in [-0.2, -0.15) is 9.97 Å². The van der Waals surface area contributed by atoms with E-state index in [1.165, 1.54) is 19.3 Å². The zero-order valence-electron chi connectivity index (χ0n) is 20.9. The van der Waals surface area contributed by atoms with Crippen molar-refractivity contribution in [2.24, 2.45) is 5.92 Å². The van der Waals surface area contributed by atoms with Crippen LogP contribution < -0.4 is 16.0 Å². The number of aromatic nitrogens is 4. The van der Waals surface area contributed by atoms with Gasteiger partial charge in [0.05, 0.1) is 12.6 Å². The normalized spacial score (nSPS) is 18.9. The number of hydrogen-bond acceptors (Lipinski definition) is 7. The van der Waals surface area contributed by atoms with Crippen LogP contribution in [0.3, 0.4) is 0 Å². The van der Waals surface area contributed by atoms with Crippen LogP contribution in [0.1, 0.15) is 50.5 Å². The Labute approximate surface area is 222 Å². The summed E-state index contributed by atoms with van der Waals surface area (Å²) >= 11 is 6.01. The molecule has 2 unspecified atom stereocenters. The molecule has 0 radical (unpaired) electrons. The summed E-state index contributed by atoms with van der Waals surface area (Å²) in [4.78, 5) is 27.0. The zero-order valence-corrected chi connectivity index (χ0v) is 21.7. The summed E-state index contributed by atoms with van der Waals surface area (Å²) in [6.07, 6.45) is 12.9. The lowest BCUT2D eigenvalue weighted by atomic mass is 9.84. The van der Waals surface area contributed by atoms with Crippen LogP contribution >= 0.6 is 11.6 Å². The zero-order chi connectivity index (χ0) is 25.5. The molecule has 1 saturated carbocycles. The maximum absolute atomic E-state index is 13.4. The first-order valence-corrected chi connectivity index (χ1v) is 13.5. The molecular formula is C27H34ClN7O2. The number of amides is 1. The largest absolute Gasteiger partial charge is 0.379 e. The standard InChI is InChI=1S/C27H34ClN7O2/c28-21-8-6-20(7-9-21)16-30-26(36)23(14-19-4-2-1-3-5-19)32-24-15-25(35-12-11-29-18-35)34-27(33-24)31-22-10-13-37-17-22/h6-9,11-12,15,18-19,22-23H,1-5,10,13-14,16-17H2,(H,30,36)(H2,31,32,33,34). The number of imidazole rings is 1. The number of rotatable bonds is 10. The molecule has 2 aliphatic rings. The summed E-state index contributed by atoms with van der Waals surface area (Å²) in [6, 6.07) is 9.14. The van der Waals surface area contributed by atoms with Gasteiger partial charge in [-0.05, 0) is 36.5 Å². The summed E-state index contributed by atoms with van der Waals surface area (Å²) in [5, 5.41) is 10.6. The number of nitrogens with one attached hydrogen (secondary N) is 3. The van der Waals surface area contributed by atoms with Gasteiger partial charge < -0.3 is 20.7 Å². The molecular weight excluding hydrogens is 490 g/mol. The second-order valence-electron chi connectivity index (χ2n) is 9.89. The highest BCUT2D eigenvalue weighted by molar-refractivity contribution is 6.30. The van der Waals surface area contributed by atoms with Crippen LogP contribution in [0, 0.1) is 5.92 Å². The SMILES string of the molecule is O=C(NCc1ccc(Cl)cc1)C(CC1CCCCC1)Nc1cc(-n2ccnc2)nc(NC2CCOC2)n1. The minimum absolute atomic E-state index is 0.0398. The number of hydrogen-bond donors (Lipinski definition) is 3. The topological polar surface area (TPSA) is 106 Å². The number of nitrogens with zero attached hydrogens (tertiary/aromatic N) is 4. The van der Waals surface area contributed by atoms with Gasteiger partial charge in [0.1, 0.15) is 24.0 Å². The summed E-state index contributed by atoms with van der Waals surface area (Å²) in [5.74, 6) is 2.25. The van der Waals surface area contributed by atoms with Crippen LogP contribution in [0.5, 0.6) is 0 Å². The lowest BCUT2D eigenvalue weighted by Gasteiger charge is -2.27. The van der Waals surface area contributed by atoms with Crippen LogP contribution in [0.25, 0.3) is 5.82 Å². The minimum atomic E-state index is -0.413. The van der Waals surface area contributed by atoms with E-state index in [0.29, 0.717) is 41.7 Å². The first-order chi connectivity index (χ1) is 18.1. The monoisotopic (exact) mass is 523 g/mol. The highest BCUT2D eigenvalue weighted by atomic mass is 35.5. The second-order valence-corrected chi connectivity index (χ2v) is 10.3. The third-order valence-electron chi connectivity index (χ3n) is 7.06. The molecule has 2 fully saturated rings. The van der Waals surface area contributed by atoms with Gasteiger partial charge in [0.25, 0.3) is 0 Å². The molecule has 5 rings (SSSR count). The Kier molecular flexibility index (Phi) is 8.53. The first kappa shape index (κ1) is 25.5. The van der Waals surface area contributed by atoms with Crippen molar-refractivity contribution in [2.45, 2.75) is 63.6 Å². The fraction of sp³-hybridized carbons (Fsp3) is 0.481. The maximum Gasteiger partial charge on any atom is 0.242 e. The average molecular weight is 524 g/mol. The number of halogens is 1. The van der Waals surface area contributed by atoms with Crippen LogP contribution in [0.4, 0.5) is 11.8 Å². The van der Waals surface area contributed by atoms with E-state index < -0.39 is 6.04 Å². The van der Waals surface area contributed by atoms with Crippen molar-refractivity contribution in [1.82, 2.24) is 24.8 Å². The molecule has 0 bridgehead atoms. The molecule has 3 aromatic rings. The summed E-state index contributed by atoms with van der Waals surface area (Å²) in [5.41, 5.74) is 1.00. The Bertz CT molecular complexity index is 1140. The van der Waals surface area contributed by atoms with Crippen LogP contribution in [-0.4, -0.2) is 50.7 Å². The van der Waals surface area contributed by atoms with Crippen molar-refractivity contribution < 1.29 is 9.53 Å². The Hall–Kier alpha value is -3.17. The van der Waals surface area contributed by atoms with Gasteiger partial charge in [0, 0.05) is 36.6 Å². The Morgan fingerprint density at radius 2 is 1.97 bits per heavy atom. The fourth-order valence-electron chi connectivity index (χ4n) is 5.01. The second kappa shape index (κ2) is 12.4. The smallest absolute Gasteiger partial charge is 0.242 e. The molecule has 1 aromatic carbocycles. The Morgan fingerprint density at radius 3 is 2.70 bits per heavy atom. The van der Waals surface area contributed by atoms with Gasteiger partial charge in [-0.25, -0.2) is 4.98 Å². The lowest BCUT2D eigenvalue weighted by Crippen LogP contribution is -2.41. The molecule has 10 heteroatoms. The van der Waals surface area contributed by atoms with Crippen molar-refractivity contribution >= 4 is 29.3 Å². The van der Waals surface area contributed by atoms with Crippen molar-refractivity contribution in [3.8, 4) is 5.82 Å². The molecule has 3 N–H and O–H groups in total. The van der Waals surface area contributed by atoms with E-state index in [-0.39, 0.29) is 11.9 Å². The first-order valence-electron chi connectivity index (χ1n) is 13.1. The summed E-state index contributed by atoms with van der Waals surface area (Å²) in [6.45, 7) is 1.79. The predicted octanol–water partition coefficient (Wildman–Crippen LogP) is 4.58. The number of carbonyl (C=O) groups excluding carboxylic acids is 1. The molecule has 2 atom stereocenters. The molecule has 1 amide bonds. The molecule has 37 heavy (non-hydrogen) atoms. The molecule has 196 valence electrons. The molecule has 1 aliphatic carbocycles. The molecule has 1 saturated heterocycles. The third-order valence-corrected chi connectivity index (χ3v) is 7.31. The van der Waals surface area contributed by atoms with E-state index in [1.807, 2.05) is 41.1 Å². The van der Waals surface area contributed by atoms with Crippen molar-refractivity contribution in [3.05, 3.63) is 59.6 Å². The number of carbonyl (C=O) groups is 1. The molecule has 9 nitrogen and oxygen atoms in total. The fourth-order valence-corrected chi connectivity index (χ4v) is 5.14. The van der Waals surface area contributed by atoms with Crippen molar-refractivity contribution in [1.29, 1.82) is 0 Å². The molecule has 3 heterocycles. The third kappa shape index (κ3) is 7.20. The molecule has 1 aliphatic heterocycles. The van der Waals surface area contributed by atoms with E-state index >= 15 is 0 Å². The van der Waals surface area contributed by atoms with Gasteiger partial charge in [0.2, 0.25) is 11.9 Å². The van der Waals surface area contributed by atoms with Crippen LogP contribution in [0.2, 0.25) is 5.02 Å². The number of anilines is 2. The van der Waals surface area contributed by atoms with Crippen LogP contribution in [0.15, 0.2) is 49.1 Å². The van der Waals surface area contributed by atoms with Gasteiger partial charge in [-0.3, -0.25) is 9.36 Å². The van der Waals surface area contributed by atoms with Gasteiger partial charge in [0.15, 0.2) is 0 Å². The average Bonchev–Trinajstić information content (AvgIpc) is 3.63. The highest BCUT2D eigenvalue weighted by Gasteiger charge is 2.26. The lowest BCUT2D eigenvalue weighted by molar-refractivity contribution is -0.122.